The van der Waals surface area contributed by atoms with Crippen LogP contribution in [-0.4, -0.2) is 21.5 Å². The van der Waals surface area contributed by atoms with Crippen LogP contribution in [-0.2, 0) is 11.0 Å². The van der Waals surface area contributed by atoms with Crippen molar-refractivity contribution in [2.45, 2.75) is 33.0 Å². The zero-order chi connectivity index (χ0) is 22.1. The molecule has 1 N–H and O–H groups in total. The predicted octanol–water partition coefficient (Wildman–Crippen LogP) is 4.57. The van der Waals surface area contributed by atoms with Crippen LogP contribution in [0.15, 0.2) is 54.6 Å². The number of nitrogens with one attached hydrogen (secondary N) is 1. The van der Waals surface area contributed by atoms with Crippen LogP contribution >= 0.6 is 0 Å². The van der Waals surface area contributed by atoms with Gasteiger partial charge in [0.25, 0.3) is 11.7 Å². The highest BCUT2D eigenvalue weighted by molar-refractivity contribution is 6.43. The minimum atomic E-state index is -4.50. The number of hydrogen-bond donors (Lipinski definition) is 1. The van der Waals surface area contributed by atoms with Gasteiger partial charge in [-0.1, -0.05) is 36.4 Å². The maximum Gasteiger partial charge on any atom is 0.416 e. The number of halogens is 3. The number of carbonyl (C=O) groups excluding carboxylic acids is 2. The number of ketones is 1. The lowest BCUT2D eigenvalue weighted by molar-refractivity contribution is -0.137. The van der Waals surface area contributed by atoms with Crippen molar-refractivity contribution in [2.75, 3.05) is 0 Å². The van der Waals surface area contributed by atoms with E-state index in [1.54, 1.807) is 13.8 Å². The van der Waals surface area contributed by atoms with Gasteiger partial charge in [-0.3, -0.25) is 9.59 Å². The van der Waals surface area contributed by atoms with Gasteiger partial charge in [-0.15, -0.1) is 0 Å². The summed E-state index contributed by atoms with van der Waals surface area (Å²) in [6.07, 6.45) is -4.50. The standard InChI is InChI=1S/C22H20F3N3O2/c1-13(16-8-5-4-6-9-16)26-21(30)20(29)19-14(2)27-28(15(19)3)18-11-7-10-17(12-18)22(23,24)25/h4-13H,1-3H3,(H,26,30)/t13-/m1/s1. The first kappa shape index (κ1) is 21.3. The first-order valence-corrected chi connectivity index (χ1v) is 9.23. The maximum absolute atomic E-state index is 13.0. The van der Waals surface area contributed by atoms with Gasteiger partial charge in [-0.05, 0) is 44.5 Å². The van der Waals surface area contributed by atoms with E-state index in [2.05, 4.69) is 10.4 Å². The molecule has 3 rings (SSSR count). The number of Topliss-reactive ketones (excluding diaryl/α,β-unsaturated/α-hetero) is 1. The summed E-state index contributed by atoms with van der Waals surface area (Å²) in [5.41, 5.74) is 0.797. The molecule has 1 atom stereocenters. The van der Waals surface area contributed by atoms with Crippen LogP contribution in [0.2, 0.25) is 0 Å². The average Bonchev–Trinajstić information content (AvgIpc) is 3.01. The van der Waals surface area contributed by atoms with E-state index in [1.807, 2.05) is 30.3 Å². The molecule has 1 heterocycles. The fourth-order valence-corrected chi connectivity index (χ4v) is 3.24. The molecule has 0 bridgehead atoms. The minimum absolute atomic E-state index is 0.0742. The summed E-state index contributed by atoms with van der Waals surface area (Å²) < 4.78 is 40.3. The lowest BCUT2D eigenvalue weighted by Crippen LogP contribution is -2.33. The highest BCUT2D eigenvalue weighted by Gasteiger charge is 2.31. The predicted molar refractivity (Wildman–Crippen MR) is 105 cm³/mol. The number of rotatable bonds is 5. The second kappa shape index (κ2) is 8.14. The molecule has 0 aliphatic carbocycles. The third-order valence-electron chi connectivity index (χ3n) is 4.79. The van der Waals surface area contributed by atoms with Crippen molar-refractivity contribution in [2.24, 2.45) is 0 Å². The SMILES string of the molecule is Cc1nn(-c2cccc(C(F)(F)F)c2)c(C)c1C(=O)C(=O)N[C@H](C)c1ccccc1. The number of benzene rings is 2. The van der Waals surface area contributed by atoms with Crippen molar-refractivity contribution in [3.05, 3.63) is 82.7 Å². The Morgan fingerprint density at radius 2 is 1.70 bits per heavy atom. The summed E-state index contributed by atoms with van der Waals surface area (Å²) >= 11 is 0. The van der Waals surface area contributed by atoms with Crippen LogP contribution in [0.4, 0.5) is 13.2 Å². The van der Waals surface area contributed by atoms with Crippen LogP contribution in [0.3, 0.4) is 0 Å². The summed E-state index contributed by atoms with van der Waals surface area (Å²) in [6.45, 7) is 4.84. The van der Waals surface area contributed by atoms with Gasteiger partial charge in [0.2, 0.25) is 0 Å². The number of aryl methyl sites for hydroxylation is 1. The smallest absolute Gasteiger partial charge is 0.343 e. The van der Waals surface area contributed by atoms with E-state index in [9.17, 15) is 22.8 Å². The molecular formula is C22H20F3N3O2. The van der Waals surface area contributed by atoms with E-state index in [-0.39, 0.29) is 23.0 Å². The first-order valence-electron chi connectivity index (χ1n) is 9.23. The van der Waals surface area contributed by atoms with Crippen LogP contribution in [0, 0.1) is 13.8 Å². The van der Waals surface area contributed by atoms with Crippen LogP contribution in [0.1, 0.15) is 45.8 Å². The third kappa shape index (κ3) is 4.27. The second-order valence-electron chi connectivity index (χ2n) is 6.94. The minimum Gasteiger partial charge on any atom is -0.343 e. The Kier molecular flexibility index (Phi) is 5.78. The van der Waals surface area contributed by atoms with Crippen molar-refractivity contribution in [1.82, 2.24) is 15.1 Å². The highest BCUT2D eigenvalue weighted by atomic mass is 19.4. The molecule has 2 aromatic carbocycles. The Balaban J connectivity index is 1.88. The molecule has 0 saturated heterocycles. The Morgan fingerprint density at radius 1 is 1.03 bits per heavy atom. The van der Waals surface area contributed by atoms with Gasteiger partial charge in [0.1, 0.15) is 0 Å². The number of alkyl halides is 3. The summed E-state index contributed by atoms with van der Waals surface area (Å²) in [5.74, 6) is -1.59. The van der Waals surface area contributed by atoms with Gasteiger partial charge >= 0.3 is 6.18 Å². The molecule has 1 amide bonds. The quantitative estimate of drug-likeness (QED) is 0.491. The third-order valence-corrected chi connectivity index (χ3v) is 4.79. The van der Waals surface area contributed by atoms with Gasteiger partial charge in [0.15, 0.2) is 0 Å². The molecular weight excluding hydrogens is 395 g/mol. The van der Waals surface area contributed by atoms with Crippen molar-refractivity contribution >= 4 is 11.7 Å². The molecule has 30 heavy (non-hydrogen) atoms. The number of hydrogen-bond acceptors (Lipinski definition) is 3. The van der Waals surface area contributed by atoms with Gasteiger partial charge in [-0.2, -0.15) is 18.3 Å². The van der Waals surface area contributed by atoms with Crippen molar-refractivity contribution in [3.8, 4) is 5.69 Å². The maximum atomic E-state index is 13.0. The number of nitrogens with zero attached hydrogens (tertiary/aromatic N) is 2. The zero-order valence-corrected chi connectivity index (χ0v) is 16.6. The second-order valence-corrected chi connectivity index (χ2v) is 6.94. The highest BCUT2D eigenvalue weighted by Crippen LogP contribution is 2.31. The topological polar surface area (TPSA) is 64.0 Å². The molecule has 8 heteroatoms. The molecule has 0 saturated carbocycles. The van der Waals surface area contributed by atoms with E-state index in [4.69, 9.17) is 0 Å². The van der Waals surface area contributed by atoms with Gasteiger partial charge < -0.3 is 5.32 Å². The van der Waals surface area contributed by atoms with E-state index < -0.39 is 23.4 Å². The molecule has 156 valence electrons. The summed E-state index contributed by atoms with van der Waals surface area (Å²) in [4.78, 5) is 25.3. The van der Waals surface area contributed by atoms with Crippen LogP contribution in [0.25, 0.3) is 5.69 Å². The molecule has 0 radical (unpaired) electrons. The molecule has 0 spiro atoms. The van der Waals surface area contributed by atoms with E-state index in [0.717, 1.165) is 17.7 Å². The summed E-state index contributed by atoms with van der Waals surface area (Å²) in [7, 11) is 0. The summed E-state index contributed by atoms with van der Waals surface area (Å²) in [5, 5.41) is 6.85. The lowest BCUT2D eigenvalue weighted by Gasteiger charge is -2.14. The van der Waals surface area contributed by atoms with Crippen molar-refractivity contribution < 1.29 is 22.8 Å². The zero-order valence-electron chi connectivity index (χ0n) is 16.6. The number of carbonyl (C=O) groups is 2. The van der Waals surface area contributed by atoms with Crippen molar-refractivity contribution in [1.29, 1.82) is 0 Å². The van der Waals surface area contributed by atoms with E-state index in [0.29, 0.717) is 5.69 Å². The molecule has 5 nitrogen and oxygen atoms in total. The molecule has 0 unspecified atom stereocenters. The monoisotopic (exact) mass is 415 g/mol. The summed E-state index contributed by atoms with van der Waals surface area (Å²) in [6, 6.07) is 13.4. The van der Waals surface area contributed by atoms with Gasteiger partial charge in [0, 0.05) is 0 Å². The van der Waals surface area contributed by atoms with Crippen LogP contribution in [0.5, 0.6) is 0 Å². The molecule has 1 aromatic heterocycles. The normalized spacial score (nSPS) is 12.5. The Bertz CT molecular complexity index is 1090. The fourth-order valence-electron chi connectivity index (χ4n) is 3.24. The van der Waals surface area contributed by atoms with E-state index >= 15 is 0 Å². The number of amides is 1. The van der Waals surface area contributed by atoms with Gasteiger partial charge in [-0.25, -0.2) is 4.68 Å². The largest absolute Gasteiger partial charge is 0.416 e. The molecule has 0 aliphatic rings. The molecule has 0 aliphatic heterocycles. The Labute approximate surface area is 171 Å². The van der Waals surface area contributed by atoms with Crippen molar-refractivity contribution in [3.63, 3.8) is 0 Å². The van der Waals surface area contributed by atoms with Crippen LogP contribution < -0.4 is 5.32 Å². The molecule has 3 aromatic rings. The first-order chi connectivity index (χ1) is 14.1. The fraction of sp³-hybridized carbons (Fsp3) is 0.227. The lowest BCUT2D eigenvalue weighted by atomic mass is 10.1. The van der Waals surface area contributed by atoms with Gasteiger partial charge in [0.05, 0.1) is 34.2 Å². The average molecular weight is 415 g/mol. The molecule has 0 fully saturated rings. The Hall–Kier alpha value is -3.42. The number of aromatic nitrogens is 2. The Morgan fingerprint density at radius 3 is 2.33 bits per heavy atom. The van der Waals surface area contributed by atoms with E-state index in [1.165, 1.54) is 23.7 Å².